The number of amides is 6. The second-order valence-corrected chi connectivity index (χ2v) is 17.3. The monoisotopic (exact) mass is 843 g/mol. The summed E-state index contributed by atoms with van der Waals surface area (Å²) in [5.74, 6) is -1.72. The van der Waals surface area contributed by atoms with E-state index < -0.39 is 75.4 Å². The SMILES string of the molecule is CCC[C@H](NC(=O)[C@@H]1C[C@@H](Oc2cc(-c3ccccc3)nc3cc(OC)ccc23)CN1C(=O)N[C@H](C(=O)N[C@@H](C)C(=O)NC)C(C)(C)C)C(=O)NS(=O)(=O)c1ccccc1. The molecule has 1 aliphatic heterocycles. The van der Waals surface area contributed by atoms with E-state index in [9.17, 15) is 32.4 Å². The van der Waals surface area contributed by atoms with Crippen LogP contribution >= 0.6 is 0 Å². The molecule has 5 atom stereocenters. The molecule has 17 heteroatoms. The number of hydrogen-bond donors (Lipinski definition) is 5. The van der Waals surface area contributed by atoms with Crippen LogP contribution in [0.2, 0.25) is 0 Å². The molecule has 4 aromatic rings. The van der Waals surface area contributed by atoms with Gasteiger partial charge in [-0.3, -0.25) is 19.2 Å². The van der Waals surface area contributed by atoms with Gasteiger partial charge in [0, 0.05) is 36.6 Å². The number of benzene rings is 3. The first kappa shape index (κ1) is 44.9. The summed E-state index contributed by atoms with van der Waals surface area (Å²) < 4.78 is 40.3. The van der Waals surface area contributed by atoms with Crippen molar-refractivity contribution in [2.45, 2.75) is 89.0 Å². The van der Waals surface area contributed by atoms with Crippen LogP contribution in [0, 0.1) is 5.41 Å². The standard InChI is InChI=1S/C43H53N7O9S/c1-8-15-32(39(52)49-60(56,57)30-18-13-10-14-19-30)47-40(53)35-23-29(25-50(35)42(55)48-37(43(3,4)5)41(54)45-26(2)38(51)44-6)59-36-24-33(27-16-11-9-12-17-27)46-34-22-28(58-7)20-21-31(34)36/h9-14,16-22,24,26,29,32,35,37H,8,15,23,25H2,1-7H3,(H,44,51)(H,45,54)(H,47,53)(H,48,55)(H,49,52)/t26-,29+,32-,35-,37+/m0/s1. The van der Waals surface area contributed by atoms with Gasteiger partial charge in [0.2, 0.25) is 17.7 Å². The summed E-state index contributed by atoms with van der Waals surface area (Å²) in [4.78, 5) is 73.9. The van der Waals surface area contributed by atoms with Gasteiger partial charge in [0.25, 0.3) is 15.9 Å². The van der Waals surface area contributed by atoms with Gasteiger partial charge in [0.05, 0.1) is 29.8 Å². The summed E-state index contributed by atoms with van der Waals surface area (Å²) in [6, 6.07) is 18.6. The fourth-order valence-electron chi connectivity index (χ4n) is 6.84. The number of aromatic nitrogens is 1. The van der Waals surface area contributed by atoms with Crippen molar-refractivity contribution < 1.29 is 41.9 Å². The summed E-state index contributed by atoms with van der Waals surface area (Å²) >= 11 is 0. The third-order valence-electron chi connectivity index (χ3n) is 10.1. The first-order valence-electron chi connectivity index (χ1n) is 19.7. The van der Waals surface area contributed by atoms with Gasteiger partial charge in [-0.25, -0.2) is 22.9 Å². The average molecular weight is 844 g/mol. The van der Waals surface area contributed by atoms with E-state index in [0.717, 1.165) is 5.56 Å². The van der Waals surface area contributed by atoms with Gasteiger partial charge in [0.15, 0.2) is 0 Å². The largest absolute Gasteiger partial charge is 0.497 e. The van der Waals surface area contributed by atoms with E-state index in [2.05, 4.69) is 26.0 Å². The van der Waals surface area contributed by atoms with Crippen LogP contribution in [0.25, 0.3) is 22.2 Å². The van der Waals surface area contributed by atoms with Gasteiger partial charge in [-0.15, -0.1) is 0 Å². The molecule has 0 bridgehead atoms. The Morgan fingerprint density at radius 2 is 1.55 bits per heavy atom. The van der Waals surface area contributed by atoms with Crippen molar-refractivity contribution in [3.8, 4) is 22.8 Å². The minimum absolute atomic E-state index is 0.0389. The summed E-state index contributed by atoms with van der Waals surface area (Å²) in [7, 11) is -1.27. The lowest BCUT2D eigenvalue weighted by atomic mass is 9.86. The highest BCUT2D eigenvalue weighted by Gasteiger charge is 2.44. The van der Waals surface area contributed by atoms with Gasteiger partial charge in [-0.1, -0.05) is 82.6 Å². The van der Waals surface area contributed by atoms with Crippen LogP contribution in [-0.2, 0) is 29.2 Å². The third kappa shape index (κ3) is 10.9. The Hall–Kier alpha value is -6.23. The summed E-state index contributed by atoms with van der Waals surface area (Å²) in [6.45, 7) is 8.40. The number of nitrogens with zero attached hydrogens (tertiary/aromatic N) is 2. The number of likely N-dealkylation sites (N-methyl/N-ethyl adjacent to an activating group) is 1. The molecule has 3 aromatic carbocycles. The van der Waals surface area contributed by atoms with E-state index in [-0.39, 0.29) is 24.3 Å². The maximum Gasteiger partial charge on any atom is 0.318 e. The fraction of sp³-hybridized carbons (Fsp3) is 0.395. The lowest BCUT2D eigenvalue weighted by molar-refractivity contribution is -0.131. The minimum atomic E-state index is -4.26. The number of ether oxygens (including phenoxy) is 2. The quantitative estimate of drug-likeness (QED) is 0.116. The number of carbonyl (C=O) groups is 5. The van der Waals surface area contributed by atoms with Crippen molar-refractivity contribution in [3.05, 3.63) is 84.9 Å². The third-order valence-corrected chi connectivity index (χ3v) is 11.4. The van der Waals surface area contributed by atoms with Crippen molar-refractivity contribution in [1.82, 2.24) is 35.9 Å². The number of nitrogens with one attached hydrogen (secondary N) is 5. The smallest absolute Gasteiger partial charge is 0.318 e. The van der Waals surface area contributed by atoms with Crippen LogP contribution in [0.5, 0.6) is 11.5 Å². The predicted molar refractivity (Wildman–Crippen MR) is 225 cm³/mol. The van der Waals surface area contributed by atoms with Gasteiger partial charge in [0.1, 0.15) is 41.8 Å². The molecule has 60 heavy (non-hydrogen) atoms. The molecule has 0 radical (unpaired) electrons. The Balaban J connectivity index is 1.48. The Labute approximate surface area is 350 Å². The van der Waals surface area contributed by atoms with Crippen molar-refractivity contribution in [2.75, 3.05) is 20.7 Å². The Bertz CT molecular complexity index is 2300. The first-order chi connectivity index (χ1) is 28.4. The van der Waals surface area contributed by atoms with Crippen LogP contribution in [0.1, 0.15) is 53.9 Å². The summed E-state index contributed by atoms with van der Waals surface area (Å²) in [6.07, 6.45) is -0.325. The second kappa shape index (κ2) is 19.2. The molecule has 2 heterocycles. The van der Waals surface area contributed by atoms with Crippen LogP contribution in [-0.4, -0.2) is 98.9 Å². The molecule has 1 aromatic heterocycles. The Morgan fingerprint density at radius 1 is 0.883 bits per heavy atom. The topological polar surface area (TPSA) is 214 Å². The number of methoxy groups -OCH3 is 1. The molecule has 320 valence electrons. The van der Waals surface area contributed by atoms with Crippen LogP contribution in [0.4, 0.5) is 4.79 Å². The lowest BCUT2D eigenvalue weighted by Gasteiger charge is -2.34. The van der Waals surface area contributed by atoms with E-state index in [4.69, 9.17) is 14.5 Å². The number of urea groups is 1. The van der Waals surface area contributed by atoms with Crippen molar-refractivity contribution in [2.24, 2.45) is 5.41 Å². The number of carbonyl (C=O) groups excluding carboxylic acids is 5. The number of pyridine rings is 1. The van der Waals surface area contributed by atoms with Gasteiger partial charge < -0.3 is 35.6 Å². The Morgan fingerprint density at radius 3 is 2.17 bits per heavy atom. The zero-order valence-corrected chi connectivity index (χ0v) is 35.6. The van der Waals surface area contributed by atoms with E-state index in [0.29, 0.717) is 34.5 Å². The molecular weight excluding hydrogens is 791 g/mol. The second-order valence-electron chi connectivity index (χ2n) is 15.6. The maximum absolute atomic E-state index is 14.3. The molecule has 0 saturated carbocycles. The average Bonchev–Trinajstić information content (AvgIpc) is 3.65. The van der Waals surface area contributed by atoms with Gasteiger partial charge in [-0.2, -0.15) is 0 Å². The van der Waals surface area contributed by atoms with E-state index in [1.54, 1.807) is 65.1 Å². The number of rotatable bonds is 15. The van der Waals surface area contributed by atoms with Gasteiger partial charge in [-0.05, 0) is 43.0 Å². The fourth-order valence-corrected chi connectivity index (χ4v) is 7.88. The molecule has 1 fully saturated rings. The predicted octanol–water partition coefficient (Wildman–Crippen LogP) is 3.90. The van der Waals surface area contributed by atoms with Gasteiger partial charge >= 0.3 is 6.03 Å². The normalized spacial score (nSPS) is 16.8. The molecule has 6 amide bonds. The maximum atomic E-state index is 14.3. The number of sulfonamides is 1. The van der Waals surface area contributed by atoms with Crippen molar-refractivity contribution in [3.63, 3.8) is 0 Å². The minimum Gasteiger partial charge on any atom is -0.497 e. The highest BCUT2D eigenvalue weighted by Crippen LogP contribution is 2.35. The summed E-state index contributed by atoms with van der Waals surface area (Å²) in [5, 5.41) is 11.2. The molecule has 16 nitrogen and oxygen atoms in total. The van der Waals surface area contributed by atoms with E-state index in [1.807, 2.05) is 30.3 Å². The first-order valence-corrected chi connectivity index (χ1v) is 21.2. The highest BCUT2D eigenvalue weighted by molar-refractivity contribution is 7.90. The molecule has 1 saturated heterocycles. The van der Waals surface area contributed by atoms with Crippen LogP contribution < -0.4 is 35.5 Å². The number of likely N-dealkylation sites (tertiary alicyclic amines) is 1. The van der Waals surface area contributed by atoms with Crippen molar-refractivity contribution in [1.29, 1.82) is 0 Å². The van der Waals surface area contributed by atoms with E-state index >= 15 is 0 Å². The number of hydrogen-bond acceptors (Lipinski definition) is 10. The molecule has 5 N–H and O–H groups in total. The molecule has 5 rings (SSSR count). The molecular formula is C43H53N7O9S. The van der Waals surface area contributed by atoms with Crippen LogP contribution in [0.3, 0.4) is 0 Å². The van der Waals surface area contributed by atoms with Crippen LogP contribution in [0.15, 0.2) is 89.8 Å². The molecule has 0 aliphatic carbocycles. The number of fused-ring (bicyclic) bond motifs is 1. The zero-order chi connectivity index (χ0) is 43.8. The van der Waals surface area contributed by atoms with E-state index in [1.165, 1.54) is 43.1 Å². The summed E-state index contributed by atoms with van der Waals surface area (Å²) in [5.41, 5.74) is 1.16. The molecule has 0 unspecified atom stereocenters. The lowest BCUT2D eigenvalue weighted by Crippen LogP contribution is -2.60. The van der Waals surface area contributed by atoms with Crippen molar-refractivity contribution >= 4 is 50.6 Å². The zero-order valence-electron chi connectivity index (χ0n) is 34.8. The molecule has 1 aliphatic rings. The Kier molecular flexibility index (Phi) is 14.4. The highest BCUT2D eigenvalue weighted by atomic mass is 32.2. The molecule has 0 spiro atoms.